The maximum absolute atomic E-state index is 12.7. The number of hydrogen-bond acceptors (Lipinski definition) is 6. The van der Waals surface area contributed by atoms with Crippen molar-refractivity contribution in [2.24, 2.45) is 5.92 Å². The fraction of sp³-hybridized carbons (Fsp3) is 0.238. The zero-order valence-corrected chi connectivity index (χ0v) is 22.6. The molecule has 2 aromatic rings. The summed E-state index contributed by atoms with van der Waals surface area (Å²) in [6.45, 7) is 4.95. The number of thioether (sulfide) groups is 1. The van der Waals surface area contributed by atoms with Gasteiger partial charge in [0.05, 0.1) is 17.0 Å². The Labute approximate surface area is 217 Å². The molecule has 0 spiro atoms. The third-order valence-corrected chi connectivity index (χ3v) is 7.22. The lowest BCUT2D eigenvalue weighted by atomic mass is 10.2. The zero-order valence-electron chi connectivity index (χ0n) is 16.6. The van der Waals surface area contributed by atoms with Crippen LogP contribution >= 0.6 is 69.2 Å². The number of benzene rings is 2. The maximum atomic E-state index is 12.7. The van der Waals surface area contributed by atoms with Crippen LogP contribution in [0.1, 0.15) is 25.0 Å². The summed E-state index contributed by atoms with van der Waals surface area (Å²) in [7, 11) is 0. The van der Waals surface area contributed by atoms with E-state index in [4.69, 9.17) is 17.0 Å². The van der Waals surface area contributed by atoms with E-state index in [1.54, 1.807) is 17.0 Å². The molecule has 1 fully saturated rings. The lowest BCUT2D eigenvalue weighted by molar-refractivity contribution is -0.384. The molecule has 6 nitrogen and oxygen atoms in total. The number of carbonyl (C=O) groups is 1. The van der Waals surface area contributed by atoms with E-state index in [9.17, 15) is 14.9 Å². The van der Waals surface area contributed by atoms with Crippen molar-refractivity contribution in [2.45, 2.75) is 20.5 Å². The van der Waals surface area contributed by atoms with Gasteiger partial charge in [-0.1, -0.05) is 50.0 Å². The highest BCUT2D eigenvalue weighted by molar-refractivity contribution is 14.1. The molecule has 1 aliphatic heterocycles. The second-order valence-corrected chi connectivity index (χ2v) is 11.2. The van der Waals surface area contributed by atoms with Crippen LogP contribution in [0, 0.1) is 23.2 Å². The molecule has 1 aliphatic rings. The van der Waals surface area contributed by atoms with Crippen LogP contribution in [0.2, 0.25) is 0 Å². The van der Waals surface area contributed by atoms with Crippen molar-refractivity contribution in [3.8, 4) is 5.75 Å². The van der Waals surface area contributed by atoms with Crippen molar-refractivity contribution >= 4 is 91.2 Å². The molecule has 0 radical (unpaired) electrons. The van der Waals surface area contributed by atoms with Gasteiger partial charge in [0.2, 0.25) is 0 Å². The topological polar surface area (TPSA) is 72.7 Å². The minimum absolute atomic E-state index is 0.0376. The summed E-state index contributed by atoms with van der Waals surface area (Å²) in [6.07, 6.45) is 1.86. The Morgan fingerprint density at radius 3 is 2.55 bits per heavy atom. The molecule has 0 bridgehead atoms. The second kappa shape index (κ2) is 10.6. The third-order valence-electron chi connectivity index (χ3n) is 4.24. The van der Waals surface area contributed by atoms with Crippen LogP contribution in [-0.4, -0.2) is 26.6 Å². The monoisotopic (exact) mass is 680 g/mol. The number of rotatable bonds is 7. The molecular formula is C21H18I2N2O4S2. The van der Waals surface area contributed by atoms with Crippen LogP contribution in [0.5, 0.6) is 5.75 Å². The molecule has 0 N–H and O–H groups in total. The number of amides is 1. The molecule has 0 saturated carbocycles. The number of ether oxygens (including phenoxy) is 1. The highest BCUT2D eigenvalue weighted by atomic mass is 127. The van der Waals surface area contributed by atoms with Crippen molar-refractivity contribution in [1.82, 2.24) is 4.90 Å². The minimum Gasteiger partial charge on any atom is -0.487 e. The summed E-state index contributed by atoms with van der Waals surface area (Å²) in [5.74, 6) is 0.989. The first-order chi connectivity index (χ1) is 14.7. The van der Waals surface area contributed by atoms with Gasteiger partial charge >= 0.3 is 0 Å². The molecule has 0 unspecified atom stereocenters. The van der Waals surface area contributed by atoms with Crippen LogP contribution in [0.15, 0.2) is 41.3 Å². The maximum Gasteiger partial charge on any atom is 0.269 e. The minimum atomic E-state index is -0.421. The van der Waals surface area contributed by atoms with Crippen molar-refractivity contribution < 1.29 is 14.5 Å². The van der Waals surface area contributed by atoms with Gasteiger partial charge in [-0.15, -0.1) is 0 Å². The van der Waals surface area contributed by atoms with Crippen molar-refractivity contribution in [3.63, 3.8) is 0 Å². The quantitative estimate of drug-likeness (QED) is 0.113. The zero-order chi connectivity index (χ0) is 22.7. The molecule has 0 atom stereocenters. The summed E-state index contributed by atoms with van der Waals surface area (Å²) in [4.78, 5) is 25.5. The molecule has 0 aliphatic carbocycles. The number of hydrogen-bond donors (Lipinski definition) is 0. The van der Waals surface area contributed by atoms with Crippen LogP contribution < -0.4 is 4.74 Å². The molecular weight excluding hydrogens is 662 g/mol. The van der Waals surface area contributed by atoms with Crippen molar-refractivity contribution in [3.05, 3.63) is 69.7 Å². The second-order valence-electron chi connectivity index (χ2n) is 7.22. The van der Waals surface area contributed by atoms with E-state index in [0.717, 1.165) is 18.3 Å². The van der Waals surface area contributed by atoms with Gasteiger partial charge in [-0.2, -0.15) is 0 Å². The normalized spacial score (nSPS) is 15.3. The summed E-state index contributed by atoms with van der Waals surface area (Å²) in [6, 6.07) is 10.3. The standard InChI is InChI=1S/C21H18I2N2O4S2/c1-12(2)10-24-20(26)18(31-21(24)30)9-14-7-16(22)19(17(23)8-14)29-11-13-4-3-5-15(6-13)25(27)28/h3-9,12H,10-11H2,1-2H3/b18-9-. The summed E-state index contributed by atoms with van der Waals surface area (Å²) < 4.78 is 8.32. The van der Waals surface area contributed by atoms with Gasteiger partial charge < -0.3 is 4.74 Å². The Hall–Kier alpha value is -1.25. The van der Waals surface area contributed by atoms with Crippen LogP contribution in [-0.2, 0) is 11.4 Å². The number of halogens is 2. The molecule has 1 amide bonds. The van der Waals surface area contributed by atoms with Gasteiger partial charge in [-0.05, 0) is 80.4 Å². The molecule has 1 saturated heterocycles. The lowest BCUT2D eigenvalue weighted by Gasteiger charge is -2.16. The van der Waals surface area contributed by atoms with Gasteiger partial charge in [0, 0.05) is 18.7 Å². The Balaban J connectivity index is 1.77. The van der Waals surface area contributed by atoms with Crippen molar-refractivity contribution in [2.75, 3.05) is 6.54 Å². The first kappa shape index (κ1) is 24.4. The Morgan fingerprint density at radius 1 is 1.26 bits per heavy atom. The summed E-state index contributed by atoms with van der Waals surface area (Å²) in [5, 5.41) is 11.0. The highest BCUT2D eigenvalue weighted by Gasteiger charge is 2.32. The number of nitrogens with zero attached hydrogens (tertiary/aromatic N) is 2. The van der Waals surface area contributed by atoms with Crippen LogP contribution in [0.3, 0.4) is 0 Å². The van der Waals surface area contributed by atoms with E-state index < -0.39 is 4.92 Å². The van der Waals surface area contributed by atoms with Crippen molar-refractivity contribution in [1.29, 1.82) is 0 Å². The van der Waals surface area contributed by atoms with E-state index in [-0.39, 0.29) is 18.2 Å². The molecule has 10 heteroatoms. The largest absolute Gasteiger partial charge is 0.487 e. The number of non-ortho nitro benzene ring substituents is 1. The molecule has 2 aromatic carbocycles. The molecule has 0 aromatic heterocycles. The average Bonchev–Trinajstić information content (AvgIpc) is 2.94. The average molecular weight is 680 g/mol. The van der Waals surface area contributed by atoms with E-state index in [1.165, 1.54) is 23.9 Å². The predicted octanol–water partition coefficient (Wildman–Crippen LogP) is 6.24. The molecule has 1 heterocycles. The fourth-order valence-electron chi connectivity index (χ4n) is 2.89. The summed E-state index contributed by atoms with van der Waals surface area (Å²) in [5.41, 5.74) is 1.65. The number of nitro groups is 1. The van der Waals surface area contributed by atoms with Gasteiger partial charge in [-0.3, -0.25) is 19.8 Å². The van der Waals surface area contributed by atoms with Gasteiger partial charge in [0.1, 0.15) is 16.7 Å². The van der Waals surface area contributed by atoms with Gasteiger partial charge in [-0.25, -0.2) is 0 Å². The van der Waals surface area contributed by atoms with E-state index in [2.05, 4.69) is 59.0 Å². The first-order valence-electron chi connectivity index (χ1n) is 9.26. The SMILES string of the molecule is CC(C)CN1C(=O)/C(=C/c2cc(I)c(OCc3cccc([N+](=O)[O-])c3)c(I)c2)SC1=S. The Morgan fingerprint density at radius 2 is 1.94 bits per heavy atom. The van der Waals surface area contributed by atoms with Crippen LogP contribution in [0.4, 0.5) is 5.69 Å². The number of nitro benzene ring substituents is 1. The summed E-state index contributed by atoms with van der Waals surface area (Å²) >= 11 is 11.1. The molecule has 31 heavy (non-hydrogen) atoms. The molecule has 3 rings (SSSR count). The smallest absolute Gasteiger partial charge is 0.269 e. The number of carbonyl (C=O) groups excluding carboxylic acids is 1. The number of thiocarbonyl (C=S) groups is 1. The van der Waals surface area contributed by atoms with Gasteiger partial charge in [0.15, 0.2) is 0 Å². The van der Waals surface area contributed by atoms with E-state index in [1.807, 2.05) is 18.2 Å². The lowest BCUT2D eigenvalue weighted by Crippen LogP contribution is -2.31. The third kappa shape index (κ3) is 6.17. The van der Waals surface area contributed by atoms with E-state index in [0.29, 0.717) is 27.4 Å². The highest BCUT2D eigenvalue weighted by Crippen LogP contribution is 2.35. The predicted molar refractivity (Wildman–Crippen MR) is 144 cm³/mol. The first-order valence-corrected chi connectivity index (χ1v) is 12.6. The van der Waals surface area contributed by atoms with E-state index >= 15 is 0 Å². The van der Waals surface area contributed by atoms with Gasteiger partial charge in [0.25, 0.3) is 11.6 Å². The Bertz CT molecular complexity index is 1070. The molecule has 162 valence electrons. The fourth-order valence-corrected chi connectivity index (χ4v) is 6.29. The Kier molecular flexibility index (Phi) is 8.32. The van der Waals surface area contributed by atoms with Crippen LogP contribution in [0.25, 0.3) is 6.08 Å².